The van der Waals surface area contributed by atoms with Gasteiger partial charge in [-0.2, -0.15) is 0 Å². The van der Waals surface area contributed by atoms with Gasteiger partial charge >= 0.3 is 6.09 Å². The number of carboxylic acid groups (broad SMARTS) is 1. The van der Waals surface area contributed by atoms with Crippen LogP contribution < -0.4 is 5.32 Å². The minimum Gasteiger partial charge on any atom is -0.465 e. The minimum atomic E-state index is -1.02. The third-order valence-electron chi connectivity index (χ3n) is 2.06. The summed E-state index contributed by atoms with van der Waals surface area (Å²) >= 11 is 4.85. The monoisotopic (exact) mass is 312 g/mol. The van der Waals surface area contributed by atoms with Crippen molar-refractivity contribution in [2.24, 2.45) is 0 Å². The lowest BCUT2D eigenvalue weighted by Crippen LogP contribution is -2.19. The van der Waals surface area contributed by atoms with Crippen LogP contribution in [-0.4, -0.2) is 16.2 Å². The van der Waals surface area contributed by atoms with Gasteiger partial charge in [0, 0.05) is 21.1 Å². The zero-order valence-electron chi connectivity index (χ0n) is 8.68. The molecule has 1 aromatic carbocycles. The molecule has 0 unspecified atom stereocenters. The molecule has 0 aliphatic carbocycles. The Hall–Kier alpha value is -1.40. The van der Waals surface area contributed by atoms with Crippen LogP contribution >= 0.6 is 27.3 Å². The molecule has 4 nitrogen and oxygen atoms in total. The van der Waals surface area contributed by atoms with Gasteiger partial charge in [0.1, 0.15) is 5.01 Å². The van der Waals surface area contributed by atoms with Gasteiger partial charge in [-0.25, -0.2) is 9.78 Å². The van der Waals surface area contributed by atoms with E-state index in [9.17, 15) is 4.79 Å². The van der Waals surface area contributed by atoms with Gasteiger partial charge in [-0.1, -0.05) is 28.1 Å². The lowest BCUT2D eigenvalue weighted by Gasteiger charge is -1.96. The van der Waals surface area contributed by atoms with Crippen LogP contribution in [0.2, 0.25) is 0 Å². The van der Waals surface area contributed by atoms with Crippen molar-refractivity contribution in [3.63, 3.8) is 0 Å². The Kier molecular flexibility index (Phi) is 3.75. The summed E-state index contributed by atoms with van der Waals surface area (Å²) < 4.78 is 1.02. The number of aromatic nitrogens is 1. The van der Waals surface area contributed by atoms with E-state index in [1.54, 1.807) is 6.20 Å². The molecule has 1 aromatic heterocycles. The first-order chi connectivity index (χ1) is 8.15. The summed E-state index contributed by atoms with van der Waals surface area (Å²) in [5.41, 5.74) is 1.03. The molecule has 2 aromatic rings. The van der Waals surface area contributed by atoms with E-state index in [1.165, 1.54) is 11.3 Å². The van der Waals surface area contributed by atoms with Crippen LogP contribution in [0.15, 0.2) is 34.9 Å². The summed E-state index contributed by atoms with van der Waals surface area (Å²) in [4.78, 5) is 15.5. The maximum Gasteiger partial charge on any atom is 0.404 e. The second-order valence-electron chi connectivity index (χ2n) is 3.30. The van der Waals surface area contributed by atoms with Gasteiger partial charge in [0.15, 0.2) is 0 Å². The van der Waals surface area contributed by atoms with E-state index in [0.717, 1.165) is 19.9 Å². The van der Waals surface area contributed by atoms with Crippen LogP contribution in [0.5, 0.6) is 0 Å². The third-order valence-corrected chi connectivity index (χ3v) is 3.63. The summed E-state index contributed by atoms with van der Waals surface area (Å²) in [7, 11) is 0. The molecule has 0 aliphatic heterocycles. The highest BCUT2D eigenvalue weighted by molar-refractivity contribution is 9.10. The van der Waals surface area contributed by atoms with E-state index < -0.39 is 6.09 Å². The van der Waals surface area contributed by atoms with Crippen molar-refractivity contribution in [3.05, 3.63) is 39.8 Å². The Balaban J connectivity index is 2.12. The van der Waals surface area contributed by atoms with Crippen LogP contribution in [0.4, 0.5) is 4.79 Å². The molecule has 0 bridgehead atoms. The number of halogens is 1. The highest BCUT2D eigenvalue weighted by atomic mass is 79.9. The second-order valence-corrected chi connectivity index (χ2v) is 5.33. The molecule has 2 N–H and O–H groups in total. The van der Waals surface area contributed by atoms with Gasteiger partial charge in [0.25, 0.3) is 0 Å². The standard InChI is InChI=1S/C11H9BrN2O2S/c12-8-3-1-7(2-4-8)10-13-5-9(17-10)6-14-11(15)16/h1-5,14H,6H2,(H,15,16). The summed E-state index contributed by atoms with van der Waals surface area (Å²) in [6, 6.07) is 7.84. The van der Waals surface area contributed by atoms with E-state index in [4.69, 9.17) is 5.11 Å². The highest BCUT2D eigenvalue weighted by Crippen LogP contribution is 2.26. The molecular weight excluding hydrogens is 304 g/mol. The van der Waals surface area contributed by atoms with Gasteiger partial charge < -0.3 is 10.4 Å². The van der Waals surface area contributed by atoms with E-state index >= 15 is 0 Å². The third kappa shape index (κ3) is 3.28. The maximum atomic E-state index is 10.4. The van der Waals surface area contributed by atoms with Crippen molar-refractivity contribution in [1.29, 1.82) is 0 Å². The molecule has 0 radical (unpaired) electrons. The Morgan fingerprint density at radius 3 is 2.76 bits per heavy atom. The van der Waals surface area contributed by atoms with Crippen LogP contribution in [-0.2, 0) is 6.54 Å². The van der Waals surface area contributed by atoms with Crippen molar-refractivity contribution >= 4 is 33.4 Å². The number of carbonyl (C=O) groups is 1. The van der Waals surface area contributed by atoms with Crippen molar-refractivity contribution in [2.75, 3.05) is 0 Å². The van der Waals surface area contributed by atoms with Crippen molar-refractivity contribution < 1.29 is 9.90 Å². The van der Waals surface area contributed by atoms with Gasteiger partial charge in [-0.05, 0) is 12.1 Å². The first-order valence-corrected chi connectivity index (χ1v) is 6.43. The van der Waals surface area contributed by atoms with E-state index in [0.29, 0.717) is 6.54 Å². The van der Waals surface area contributed by atoms with Crippen molar-refractivity contribution in [3.8, 4) is 10.6 Å². The fraction of sp³-hybridized carbons (Fsp3) is 0.0909. The molecule has 0 fully saturated rings. The van der Waals surface area contributed by atoms with E-state index in [-0.39, 0.29) is 0 Å². The van der Waals surface area contributed by atoms with Crippen LogP contribution in [0.1, 0.15) is 4.88 Å². The second kappa shape index (κ2) is 5.29. The van der Waals surface area contributed by atoms with E-state index in [1.807, 2.05) is 24.3 Å². The van der Waals surface area contributed by atoms with Crippen LogP contribution in [0.25, 0.3) is 10.6 Å². The first-order valence-electron chi connectivity index (χ1n) is 4.82. The molecule has 1 heterocycles. The summed E-state index contributed by atoms with van der Waals surface area (Å²) in [6.07, 6.45) is 0.668. The number of amides is 1. The fourth-order valence-corrected chi connectivity index (χ4v) is 2.40. The topological polar surface area (TPSA) is 62.2 Å². The van der Waals surface area contributed by atoms with E-state index in [2.05, 4.69) is 26.2 Å². The molecule has 0 spiro atoms. The number of thiazole rings is 1. The first kappa shape index (κ1) is 12.1. The predicted octanol–water partition coefficient (Wildman–Crippen LogP) is 3.34. The minimum absolute atomic E-state index is 0.295. The highest BCUT2D eigenvalue weighted by Gasteiger charge is 2.05. The average Bonchev–Trinajstić information content (AvgIpc) is 2.76. The zero-order chi connectivity index (χ0) is 12.3. The predicted molar refractivity (Wildman–Crippen MR) is 70.1 cm³/mol. The molecule has 0 atom stereocenters. The summed E-state index contributed by atoms with van der Waals surface area (Å²) in [5.74, 6) is 0. The van der Waals surface area contributed by atoms with Crippen LogP contribution in [0, 0.1) is 0 Å². The molecule has 0 saturated heterocycles. The van der Waals surface area contributed by atoms with Crippen molar-refractivity contribution in [2.45, 2.75) is 6.54 Å². The molecule has 0 saturated carbocycles. The molecule has 2 rings (SSSR count). The largest absolute Gasteiger partial charge is 0.465 e. The van der Waals surface area contributed by atoms with Gasteiger partial charge in [0.2, 0.25) is 0 Å². The van der Waals surface area contributed by atoms with Gasteiger partial charge in [0.05, 0.1) is 6.54 Å². The Bertz CT molecular complexity index is 525. The lowest BCUT2D eigenvalue weighted by molar-refractivity contribution is 0.194. The summed E-state index contributed by atoms with van der Waals surface area (Å²) in [5, 5.41) is 11.7. The SMILES string of the molecule is O=C(O)NCc1cnc(-c2ccc(Br)cc2)s1. The molecule has 88 valence electrons. The molecule has 6 heteroatoms. The van der Waals surface area contributed by atoms with Crippen LogP contribution in [0.3, 0.4) is 0 Å². The number of rotatable bonds is 3. The molecular formula is C11H9BrN2O2S. The number of hydrogen-bond donors (Lipinski definition) is 2. The number of benzene rings is 1. The summed E-state index contributed by atoms with van der Waals surface area (Å²) in [6.45, 7) is 0.295. The number of nitrogens with one attached hydrogen (secondary N) is 1. The fourth-order valence-electron chi connectivity index (χ4n) is 1.28. The molecule has 1 amide bonds. The van der Waals surface area contributed by atoms with Gasteiger partial charge in [-0.15, -0.1) is 11.3 Å². The smallest absolute Gasteiger partial charge is 0.404 e. The number of hydrogen-bond acceptors (Lipinski definition) is 3. The molecule has 17 heavy (non-hydrogen) atoms. The number of nitrogens with zero attached hydrogens (tertiary/aromatic N) is 1. The van der Waals surface area contributed by atoms with Gasteiger partial charge in [-0.3, -0.25) is 0 Å². The normalized spacial score (nSPS) is 10.2. The quantitative estimate of drug-likeness (QED) is 0.913. The zero-order valence-corrected chi connectivity index (χ0v) is 11.1. The Labute approximate surface area is 110 Å². The molecule has 0 aliphatic rings. The maximum absolute atomic E-state index is 10.4. The average molecular weight is 313 g/mol. The lowest BCUT2D eigenvalue weighted by atomic mass is 10.2. The Morgan fingerprint density at radius 2 is 2.12 bits per heavy atom. The van der Waals surface area contributed by atoms with Crippen molar-refractivity contribution in [1.82, 2.24) is 10.3 Å². The Morgan fingerprint density at radius 1 is 1.41 bits per heavy atom.